The first-order valence-corrected chi connectivity index (χ1v) is 11.4. The van der Waals surface area contributed by atoms with Gasteiger partial charge in [-0.3, -0.25) is 13.8 Å². The molecule has 0 saturated heterocycles. The van der Waals surface area contributed by atoms with Crippen molar-refractivity contribution in [3.8, 4) is 11.5 Å². The number of nitrogens with one attached hydrogen (secondary N) is 1. The van der Waals surface area contributed by atoms with Crippen LogP contribution in [0, 0.1) is 5.92 Å². The molecule has 170 valence electrons. The minimum atomic E-state index is -3.61. The van der Waals surface area contributed by atoms with E-state index in [-0.39, 0.29) is 12.7 Å². The SMILES string of the molecule is COc1cc(CNC(=O)CCCC/C=C/C(C)C)ccc1OCOP(=O)(OC)OC. The van der Waals surface area contributed by atoms with Gasteiger partial charge in [0.1, 0.15) is 0 Å². The van der Waals surface area contributed by atoms with Gasteiger partial charge < -0.3 is 14.8 Å². The molecule has 30 heavy (non-hydrogen) atoms. The van der Waals surface area contributed by atoms with E-state index in [1.165, 1.54) is 21.3 Å². The van der Waals surface area contributed by atoms with Crippen molar-refractivity contribution in [2.24, 2.45) is 5.92 Å². The van der Waals surface area contributed by atoms with Crippen LogP contribution in [0.1, 0.15) is 45.1 Å². The van der Waals surface area contributed by atoms with Gasteiger partial charge in [0.05, 0.1) is 7.11 Å². The molecule has 0 bridgehead atoms. The maximum absolute atomic E-state index is 12.0. The predicted octanol–water partition coefficient (Wildman–Crippen LogP) is 4.84. The van der Waals surface area contributed by atoms with Crippen molar-refractivity contribution in [2.75, 3.05) is 28.1 Å². The highest BCUT2D eigenvalue weighted by molar-refractivity contribution is 7.48. The van der Waals surface area contributed by atoms with Gasteiger partial charge in [-0.25, -0.2) is 9.09 Å². The fourth-order valence-corrected chi connectivity index (χ4v) is 3.02. The van der Waals surface area contributed by atoms with E-state index < -0.39 is 7.82 Å². The monoisotopic (exact) mass is 443 g/mol. The molecule has 1 rings (SSSR count). The first-order valence-electron chi connectivity index (χ1n) is 9.92. The molecule has 0 saturated carbocycles. The molecular formula is C21H34NO7P. The van der Waals surface area contributed by atoms with E-state index in [9.17, 15) is 9.36 Å². The summed E-state index contributed by atoms with van der Waals surface area (Å²) in [5, 5.41) is 2.91. The van der Waals surface area contributed by atoms with E-state index in [2.05, 4.69) is 40.4 Å². The van der Waals surface area contributed by atoms with E-state index in [1.54, 1.807) is 18.2 Å². The zero-order chi connectivity index (χ0) is 22.4. The number of carbonyl (C=O) groups is 1. The Hall–Kier alpha value is -1.86. The first kappa shape index (κ1) is 26.2. The standard InChI is InChI=1S/C21H34NO7P/c1-17(2)10-8-6-7-9-11-21(23)22-15-18-12-13-19(20(14-18)25-3)28-16-29-30(24,26-4)27-5/h8,10,12-14,17H,6-7,9,11,15-16H2,1-5H3,(H,22,23)/b10-8+. The van der Waals surface area contributed by atoms with Gasteiger partial charge in [-0.1, -0.05) is 32.1 Å². The Labute approximate surface area is 179 Å². The van der Waals surface area contributed by atoms with Gasteiger partial charge in [0.15, 0.2) is 11.5 Å². The van der Waals surface area contributed by atoms with Crippen molar-refractivity contribution in [2.45, 2.75) is 46.1 Å². The quantitative estimate of drug-likeness (QED) is 0.179. The number of methoxy groups -OCH3 is 1. The highest BCUT2D eigenvalue weighted by Crippen LogP contribution is 2.47. The van der Waals surface area contributed by atoms with E-state index in [1.807, 2.05) is 0 Å². The molecule has 1 N–H and O–H groups in total. The minimum absolute atomic E-state index is 0.0189. The molecule has 9 heteroatoms. The second kappa shape index (κ2) is 14.2. The molecule has 0 radical (unpaired) electrons. The molecule has 0 fully saturated rings. The lowest BCUT2D eigenvalue weighted by atomic mass is 10.1. The van der Waals surface area contributed by atoms with Crippen LogP contribution >= 0.6 is 7.82 Å². The number of amides is 1. The second-order valence-corrected chi connectivity index (χ2v) is 8.77. The fourth-order valence-electron chi connectivity index (χ4n) is 2.48. The van der Waals surface area contributed by atoms with Crippen LogP contribution in [0.25, 0.3) is 0 Å². The molecular weight excluding hydrogens is 409 g/mol. The smallest absolute Gasteiger partial charge is 0.477 e. The normalized spacial score (nSPS) is 11.8. The number of carbonyl (C=O) groups excluding carboxylic acids is 1. The van der Waals surface area contributed by atoms with Gasteiger partial charge in [-0.05, 0) is 42.9 Å². The van der Waals surface area contributed by atoms with Gasteiger partial charge in [-0.2, -0.15) is 0 Å². The van der Waals surface area contributed by atoms with Crippen LogP contribution in [0.2, 0.25) is 0 Å². The second-order valence-electron chi connectivity index (χ2n) is 6.88. The summed E-state index contributed by atoms with van der Waals surface area (Å²) in [6.07, 6.45) is 7.71. The lowest BCUT2D eigenvalue weighted by Crippen LogP contribution is -2.22. The molecule has 1 aromatic carbocycles. The van der Waals surface area contributed by atoms with Crippen molar-refractivity contribution < 1.29 is 32.4 Å². The number of phosphoric ester groups is 1. The van der Waals surface area contributed by atoms with Crippen molar-refractivity contribution in [3.63, 3.8) is 0 Å². The first-order chi connectivity index (χ1) is 14.3. The minimum Gasteiger partial charge on any atom is -0.493 e. The number of allylic oxidation sites excluding steroid dienone is 2. The molecule has 1 aromatic rings. The summed E-state index contributed by atoms with van der Waals surface area (Å²) in [7, 11) is 0.338. The zero-order valence-corrected chi connectivity index (χ0v) is 19.4. The fraction of sp³-hybridized carbons (Fsp3) is 0.571. The maximum Gasteiger partial charge on any atom is 0.477 e. The lowest BCUT2D eigenvalue weighted by Gasteiger charge is -2.15. The lowest BCUT2D eigenvalue weighted by molar-refractivity contribution is -0.121. The number of hydrogen-bond donors (Lipinski definition) is 1. The Morgan fingerprint density at radius 2 is 1.87 bits per heavy atom. The molecule has 8 nitrogen and oxygen atoms in total. The molecule has 0 atom stereocenters. The summed E-state index contributed by atoms with van der Waals surface area (Å²) in [6, 6.07) is 5.26. The molecule has 0 aliphatic carbocycles. The Morgan fingerprint density at radius 3 is 2.50 bits per heavy atom. The summed E-state index contributed by atoms with van der Waals surface area (Å²) in [5.74, 6) is 1.45. The van der Waals surface area contributed by atoms with Gasteiger partial charge in [0.25, 0.3) is 0 Å². The molecule has 0 unspecified atom stereocenters. The number of benzene rings is 1. The van der Waals surface area contributed by atoms with Crippen molar-refractivity contribution in [3.05, 3.63) is 35.9 Å². The third-order valence-corrected chi connectivity index (χ3v) is 5.45. The van der Waals surface area contributed by atoms with Crippen LogP contribution in [-0.2, 0) is 29.5 Å². The van der Waals surface area contributed by atoms with Crippen molar-refractivity contribution >= 4 is 13.7 Å². The number of ether oxygens (including phenoxy) is 2. The molecule has 0 aliphatic rings. The van der Waals surface area contributed by atoms with Crippen LogP contribution in [0.4, 0.5) is 0 Å². The van der Waals surface area contributed by atoms with Crippen LogP contribution in [0.15, 0.2) is 30.4 Å². The molecule has 0 spiro atoms. The summed E-state index contributed by atoms with van der Waals surface area (Å²) < 4.78 is 36.9. The van der Waals surface area contributed by atoms with Crippen molar-refractivity contribution in [1.29, 1.82) is 0 Å². The Bertz CT molecular complexity index is 713. The van der Waals surface area contributed by atoms with E-state index in [0.29, 0.717) is 30.4 Å². The van der Waals surface area contributed by atoms with Gasteiger partial charge in [-0.15, -0.1) is 0 Å². The average Bonchev–Trinajstić information content (AvgIpc) is 2.74. The third-order valence-electron chi connectivity index (χ3n) is 4.14. The summed E-state index contributed by atoms with van der Waals surface area (Å²) in [5.41, 5.74) is 0.868. The molecule has 1 amide bonds. The average molecular weight is 443 g/mol. The predicted molar refractivity (Wildman–Crippen MR) is 115 cm³/mol. The number of phosphoric acid groups is 1. The summed E-state index contributed by atoms with van der Waals surface area (Å²) in [4.78, 5) is 12.0. The Kier molecular flexibility index (Phi) is 12.4. The van der Waals surface area contributed by atoms with Crippen LogP contribution < -0.4 is 14.8 Å². The number of rotatable bonds is 15. The van der Waals surface area contributed by atoms with Gasteiger partial charge in [0, 0.05) is 27.2 Å². The van der Waals surface area contributed by atoms with Gasteiger partial charge >= 0.3 is 7.82 Å². The molecule has 0 aliphatic heterocycles. The largest absolute Gasteiger partial charge is 0.493 e. The van der Waals surface area contributed by atoms with E-state index >= 15 is 0 Å². The topological polar surface area (TPSA) is 92.3 Å². The van der Waals surface area contributed by atoms with E-state index in [4.69, 9.17) is 14.0 Å². The zero-order valence-electron chi connectivity index (χ0n) is 18.5. The number of hydrogen-bond acceptors (Lipinski definition) is 7. The Morgan fingerprint density at radius 1 is 1.13 bits per heavy atom. The summed E-state index contributed by atoms with van der Waals surface area (Å²) >= 11 is 0. The van der Waals surface area contributed by atoms with Crippen LogP contribution in [0.5, 0.6) is 11.5 Å². The van der Waals surface area contributed by atoms with Crippen LogP contribution in [-0.4, -0.2) is 34.0 Å². The number of unbranched alkanes of at least 4 members (excludes halogenated alkanes) is 2. The van der Waals surface area contributed by atoms with Crippen molar-refractivity contribution in [1.82, 2.24) is 5.32 Å². The Balaban J connectivity index is 2.43. The van der Waals surface area contributed by atoms with Gasteiger partial charge in [0.2, 0.25) is 12.7 Å². The van der Waals surface area contributed by atoms with E-state index in [0.717, 1.165) is 24.8 Å². The molecule has 0 aromatic heterocycles. The third kappa shape index (κ3) is 10.3. The maximum atomic E-state index is 12.0. The summed E-state index contributed by atoms with van der Waals surface area (Å²) in [6.45, 7) is 4.35. The molecule has 0 heterocycles. The highest BCUT2D eigenvalue weighted by Gasteiger charge is 2.23. The highest BCUT2D eigenvalue weighted by atomic mass is 31.2. The van der Waals surface area contributed by atoms with Crippen LogP contribution in [0.3, 0.4) is 0 Å².